The van der Waals surface area contributed by atoms with Crippen LogP contribution >= 0.6 is 15.9 Å². The van der Waals surface area contributed by atoms with Crippen molar-refractivity contribution in [1.82, 2.24) is 0 Å². The van der Waals surface area contributed by atoms with Crippen molar-refractivity contribution in [2.24, 2.45) is 0 Å². The third kappa shape index (κ3) is 2.38. The van der Waals surface area contributed by atoms with E-state index < -0.39 is 11.6 Å². The topological polar surface area (TPSA) is 17.1 Å². The highest BCUT2D eigenvalue weighted by molar-refractivity contribution is 9.10. The van der Waals surface area contributed by atoms with E-state index in [1.807, 2.05) is 0 Å². The molecule has 0 spiro atoms. The van der Waals surface area contributed by atoms with Crippen molar-refractivity contribution in [3.63, 3.8) is 0 Å². The van der Waals surface area contributed by atoms with Gasteiger partial charge in [-0.2, -0.15) is 0 Å². The molecule has 1 unspecified atom stereocenters. The highest BCUT2D eigenvalue weighted by Gasteiger charge is 2.14. The minimum Gasteiger partial charge on any atom is -0.303 e. The maximum absolute atomic E-state index is 13.1. The average molecular weight is 263 g/mol. The van der Waals surface area contributed by atoms with Crippen molar-refractivity contribution in [2.75, 3.05) is 0 Å². The second kappa shape index (κ2) is 4.64. The summed E-state index contributed by atoms with van der Waals surface area (Å²) in [6.07, 6.45) is 0.988. The lowest BCUT2D eigenvalue weighted by molar-refractivity contribution is -0.108. The molecule has 0 N–H and O–H groups in total. The molecule has 0 bridgehead atoms. The molecule has 0 fully saturated rings. The lowest BCUT2D eigenvalue weighted by Crippen LogP contribution is -1.98. The van der Waals surface area contributed by atoms with Crippen molar-refractivity contribution in [3.05, 3.63) is 33.8 Å². The largest absolute Gasteiger partial charge is 0.303 e. The molecular weight excluding hydrogens is 254 g/mol. The minimum atomic E-state index is -0.641. The molecule has 76 valence electrons. The zero-order valence-electron chi connectivity index (χ0n) is 7.56. The first-order valence-electron chi connectivity index (χ1n) is 4.14. The Balaban J connectivity index is 3.12. The van der Waals surface area contributed by atoms with Crippen LogP contribution in [0.1, 0.15) is 24.8 Å². The summed E-state index contributed by atoms with van der Waals surface area (Å²) in [7, 11) is 0. The fourth-order valence-corrected chi connectivity index (χ4v) is 1.83. The fraction of sp³-hybridized carbons (Fsp3) is 0.300. The zero-order chi connectivity index (χ0) is 10.7. The Kier molecular flexibility index (Phi) is 3.75. The van der Waals surface area contributed by atoms with Crippen LogP contribution in [0.15, 0.2) is 16.6 Å². The Morgan fingerprint density at radius 3 is 2.71 bits per heavy atom. The van der Waals surface area contributed by atoms with Crippen molar-refractivity contribution in [1.29, 1.82) is 0 Å². The first-order chi connectivity index (χ1) is 6.56. The van der Waals surface area contributed by atoms with Crippen molar-refractivity contribution >= 4 is 22.2 Å². The Morgan fingerprint density at radius 1 is 1.50 bits per heavy atom. The molecule has 14 heavy (non-hydrogen) atoms. The van der Waals surface area contributed by atoms with Gasteiger partial charge < -0.3 is 4.79 Å². The number of hydrogen-bond acceptors (Lipinski definition) is 1. The third-order valence-corrected chi connectivity index (χ3v) is 2.84. The molecule has 0 aliphatic heterocycles. The summed E-state index contributed by atoms with van der Waals surface area (Å²) in [6.45, 7) is 1.74. The lowest BCUT2D eigenvalue weighted by Gasteiger charge is -2.11. The van der Waals surface area contributed by atoms with Crippen LogP contribution in [0.2, 0.25) is 0 Å². The van der Waals surface area contributed by atoms with Crippen LogP contribution in [0.25, 0.3) is 0 Å². The van der Waals surface area contributed by atoms with Gasteiger partial charge in [-0.3, -0.25) is 0 Å². The highest BCUT2D eigenvalue weighted by atomic mass is 79.9. The Morgan fingerprint density at radius 2 is 2.14 bits per heavy atom. The smallest absolute Gasteiger partial charge is 0.140 e. The maximum Gasteiger partial charge on any atom is 0.140 e. The van der Waals surface area contributed by atoms with Gasteiger partial charge in [0.1, 0.15) is 17.9 Å². The van der Waals surface area contributed by atoms with Crippen LogP contribution in [0.5, 0.6) is 0 Å². The molecule has 4 heteroatoms. The van der Waals surface area contributed by atoms with Gasteiger partial charge in [-0.1, -0.05) is 6.92 Å². The predicted molar refractivity (Wildman–Crippen MR) is 53.2 cm³/mol. The normalized spacial score (nSPS) is 12.6. The molecule has 1 aromatic carbocycles. The van der Waals surface area contributed by atoms with Crippen LogP contribution in [-0.4, -0.2) is 6.29 Å². The molecule has 0 aliphatic rings. The number of hydrogen-bond donors (Lipinski definition) is 0. The molecule has 1 atom stereocenters. The Hall–Kier alpha value is -0.770. The third-order valence-electron chi connectivity index (χ3n) is 2.00. The van der Waals surface area contributed by atoms with Crippen LogP contribution in [0.3, 0.4) is 0 Å². The van der Waals surface area contributed by atoms with Gasteiger partial charge in [-0.25, -0.2) is 8.78 Å². The van der Waals surface area contributed by atoms with E-state index in [-0.39, 0.29) is 16.8 Å². The van der Waals surface area contributed by atoms with Gasteiger partial charge in [-0.05, 0) is 33.5 Å². The molecule has 0 saturated carbocycles. The number of halogens is 3. The molecule has 0 heterocycles. The summed E-state index contributed by atoms with van der Waals surface area (Å²) in [5.74, 6) is -1.46. The van der Waals surface area contributed by atoms with E-state index in [0.29, 0.717) is 5.56 Å². The molecular formula is C10H9BrF2O. The number of aldehydes is 1. The van der Waals surface area contributed by atoms with E-state index in [2.05, 4.69) is 15.9 Å². The summed E-state index contributed by atoms with van der Waals surface area (Å²) in [5, 5.41) is 0. The molecule has 0 aromatic heterocycles. The van der Waals surface area contributed by atoms with E-state index in [4.69, 9.17) is 0 Å². The molecule has 0 amide bonds. The monoisotopic (exact) mass is 262 g/mol. The van der Waals surface area contributed by atoms with Gasteiger partial charge in [0.15, 0.2) is 0 Å². The van der Waals surface area contributed by atoms with Gasteiger partial charge >= 0.3 is 0 Å². The summed E-state index contributed by atoms with van der Waals surface area (Å²) < 4.78 is 26.2. The first-order valence-corrected chi connectivity index (χ1v) is 4.93. The maximum atomic E-state index is 13.1. The van der Waals surface area contributed by atoms with Crippen molar-refractivity contribution < 1.29 is 13.6 Å². The second-order valence-electron chi connectivity index (χ2n) is 3.09. The molecule has 0 saturated heterocycles. The van der Waals surface area contributed by atoms with Gasteiger partial charge in [0, 0.05) is 12.5 Å². The van der Waals surface area contributed by atoms with E-state index in [1.165, 1.54) is 6.07 Å². The van der Waals surface area contributed by atoms with Crippen LogP contribution in [0, 0.1) is 11.6 Å². The first kappa shape index (κ1) is 11.3. The number of benzene rings is 1. The zero-order valence-corrected chi connectivity index (χ0v) is 9.14. The number of carbonyl (C=O) groups is 1. The molecule has 0 aliphatic carbocycles. The number of carbonyl (C=O) groups excluding carboxylic acids is 1. The van der Waals surface area contributed by atoms with E-state index >= 15 is 0 Å². The van der Waals surface area contributed by atoms with E-state index in [1.54, 1.807) is 6.92 Å². The minimum absolute atomic E-state index is 0.188. The molecule has 0 radical (unpaired) electrons. The Bertz CT molecular complexity index is 352. The van der Waals surface area contributed by atoms with Crippen molar-refractivity contribution in [2.45, 2.75) is 19.3 Å². The second-order valence-corrected chi connectivity index (χ2v) is 3.89. The lowest BCUT2D eigenvalue weighted by atomic mass is 9.98. The molecule has 1 nitrogen and oxygen atoms in total. The Labute approximate surface area is 89.3 Å². The quantitative estimate of drug-likeness (QED) is 0.603. The average Bonchev–Trinajstić information content (AvgIpc) is 2.11. The van der Waals surface area contributed by atoms with Crippen LogP contribution < -0.4 is 0 Å². The SMILES string of the molecule is CC(CC=O)c1cc(F)cc(F)c1Br. The fourth-order valence-electron chi connectivity index (χ4n) is 1.21. The van der Waals surface area contributed by atoms with Crippen LogP contribution in [0.4, 0.5) is 8.78 Å². The summed E-state index contributed by atoms with van der Waals surface area (Å²) >= 11 is 3.03. The molecule has 1 rings (SSSR count). The molecule has 1 aromatic rings. The van der Waals surface area contributed by atoms with Crippen molar-refractivity contribution in [3.8, 4) is 0 Å². The predicted octanol–water partition coefficient (Wildman–Crippen LogP) is 3.42. The van der Waals surface area contributed by atoms with E-state index in [0.717, 1.165) is 12.4 Å². The van der Waals surface area contributed by atoms with Gasteiger partial charge in [-0.15, -0.1) is 0 Å². The number of rotatable bonds is 3. The summed E-state index contributed by atoms with van der Waals surface area (Å²) in [5.41, 5.74) is 0.481. The summed E-state index contributed by atoms with van der Waals surface area (Å²) in [6, 6.07) is 2.04. The van der Waals surface area contributed by atoms with Gasteiger partial charge in [0.25, 0.3) is 0 Å². The van der Waals surface area contributed by atoms with Gasteiger partial charge in [0.05, 0.1) is 4.47 Å². The van der Waals surface area contributed by atoms with Crippen LogP contribution in [-0.2, 0) is 4.79 Å². The summed E-state index contributed by atoms with van der Waals surface area (Å²) in [4.78, 5) is 10.3. The highest BCUT2D eigenvalue weighted by Crippen LogP contribution is 2.29. The van der Waals surface area contributed by atoms with E-state index in [9.17, 15) is 13.6 Å². The van der Waals surface area contributed by atoms with Gasteiger partial charge in [0.2, 0.25) is 0 Å². The standard InChI is InChI=1S/C10H9BrF2O/c1-6(2-3-14)8-4-7(12)5-9(13)10(8)11/h3-6H,2H2,1H3.